The standard InChI is InChI=1S/C27H18O3/c28-16-21-15-22-23(29)13-11-20-12-14-24(30-17-18-7-3-1-4-8-18)27(26(20)22)25(21)19-9-5-2-6-10-19/h1-16H,17H2. The normalized spacial score (nSPS) is 12.2. The van der Waals surface area contributed by atoms with Crippen LogP contribution in [0.2, 0.25) is 0 Å². The number of carbonyl (C=O) groups excluding carboxylic acids is 2. The van der Waals surface area contributed by atoms with Gasteiger partial charge in [0.1, 0.15) is 12.4 Å². The molecule has 1 aliphatic rings. The maximum atomic E-state index is 12.6. The van der Waals surface area contributed by atoms with Crippen LogP contribution in [0.3, 0.4) is 0 Å². The second-order valence-electron chi connectivity index (χ2n) is 7.25. The van der Waals surface area contributed by atoms with Gasteiger partial charge in [0, 0.05) is 27.5 Å². The van der Waals surface area contributed by atoms with E-state index in [9.17, 15) is 9.59 Å². The molecule has 3 heteroatoms. The topological polar surface area (TPSA) is 43.4 Å². The van der Waals surface area contributed by atoms with Crippen LogP contribution >= 0.6 is 0 Å². The highest BCUT2D eigenvalue weighted by Crippen LogP contribution is 2.43. The maximum Gasteiger partial charge on any atom is 0.186 e. The molecule has 0 unspecified atom stereocenters. The lowest BCUT2D eigenvalue weighted by molar-refractivity contribution is 0.104. The van der Waals surface area contributed by atoms with Crippen LogP contribution in [0, 0.1) is 0 Å². The van der Waals surface area contributed by atoms with Gasteiger partial charge >= 0.3 is 0 Å². The van der Waals surface area contributed by atoms with Gasteiger partial charge < -0.3 is 4.74 Å². The van der Waals surface area contributed by atoms with Crippen LogP contribution in [0.15, 0.2) is 84.9 Å². The van der Waals surface area contributed by atoms with Gasteiger partial charge in [0.05, 0.1) is 0 Å². The Balaban J connectivity index is 1.80. The Morgan fingerprint density at radius 1 is 0.800 bits per heavy atom. The van der Waals surface area contributed by atoms with Crippen molar-refractivity contribution < 1.29 is 14.3 Å². The van der Waals surface area contributed by atoms with Crippen molar-refractivity contribution in [3.63, 3.8) is 0 Å². The van der Waals surface area contributed by atoms with Crippen LogP contribution in [0.4, 0.5) is 0 Å². The Labute approximate surface area is 174 Å². The average molecular weight is 390 g/mol. The lowest BCUT2D eigenvalue weighted by Gasteiger charge is -2.20. The van der Waals surface area contributed by atoms with E-state index in [0.717, 1.165) is 39.3 Å². The third-order valence-corrected chi connectivity index (χ3v) is 5.41. The van der Waals surface area contributed by atoms with E-state index in [1.165, 1.54) is 0 Å². The minimum absolute atomic E-state index is 0.101. The number of ether oxygens (including phenoxy) is 1. The Morgan fingerprint density at radius 2 is 1.53 bits per heavy atom. The van der Waals surface area contributed by atoms with Crippen molar-refractivity contribution in [1.29, 1.82) is 0 Å². The Kier molecular flexibility index (Phi) is 4.49. The first-order valence-corrected chi connectivity index (χ1v) is 9.79. The molecular weight excluding hydrogens is 372 g/mol. The molecule has 0 bridgehead atoms. The number of rotatable bonds is 5. The van der Waals surface area contributed by atoms with E-state index in [1.807, 2.05) is 78.9 Å². The molecule has 1 aliphatic carbocycles. The number of hydrogen-bond acceptors (Lipinski definition) is 3. The van der Waals surface area contributed by atoms with E-state index in [2.05, 4.69) is 0 Å². The van der Waals surface area contributed by atoms with Crippen LogP contribution < -0.4 is 4.74 Å². The molecule has 0 saturated carbocycles. The van der Waals surface area contributed by atoms with Crippen LogP contribution in [0.25, 0.3) is 28.0 Å². The van der Waals surface area contributed by atoms with E-state index in [1.54, 1.807) is 12.1 Å². The Bertz CT molecular complexity index is 1300. The van der Waals surface area contributed by atoms with Gasteiger partial charge in [-0.25, -0.2) is 0 Å². The molecule has 0 aromatic heterocycles. The van der Waals surface area contributed by atoms with Gasteiger partial charge in [-0.3, -0.25) is 9.59 Å². The summed E-state index contributed by atoms with van der Waals surface area (Å²) in [4.78, 5) is 24.7. The highest BCUT2D eigenvalue weighted by molar-refractivity contribution is 6.24. The minimum Gasteiger partial charge on any atom is -0.488 e. The van der Waals surface area contributed by atoms with Crippen LogP contribution in [-0.4, -0.2) is 12.1 Å². The first-order chi connectivity index (χ1) is 14.8. The maximum absolute atomic E-state index is 12.6. The molecule has 0 saturated heterocycles. The van der Waals surface area contributed by atoms with Gasteiger partial charge in [-0.05, 0) is 34.9 Å². The molecule has 0 aliphatic heterocycles. The van der Waals surface area contributed by atoms with Crippen molar-refractivity contribution in [2.45, 2.75) is 6.61 Å². The van der Waals surface area contributed by atoms with Gasteiger partial charge in [-0.1, -0.05) is 72.8 Å². The monoisotopic (exact) mass is 390 g/mol. The number of ketones is 1. The molecule has 0 spiro atoms. The molecule has 30 heavy (non-hydrogen) atoms. The summed E-state index contributed by atoms with van der Waals surface area (Å²) in [7, 11) is 0. The molecule has 144 valence electrons. The average Bonchev–Trinajstić information content (AvgIpc) is 2.81. The van der Waals surface area contributed by atoms with E-state index in [-0.39, 0.29) is 5.78 Å². The predicted octanol–water partition coefficient (Wildman–Crippen LogP) is 6.11. The van der Waals surface area contributed by atoms with Crippen LogP contribution in [-0.2, 0) is 6.61 Å². The molecule has 3 nitrogen and oxygen atoms in total. The summed E-state index contributed by atoms with van der Waals surface area (Å²) >= 11 is 0. The zero-order chi connectivity index (χ0) is 20.5. The number of aldehydes is 1. The van der Waals surface area contributed by atoms with Crippen molar-refractivity contribution in [2.24, 2.45) is 0 Å². The molecule has 0 heterocycles. The van der Waals surface area contributed by atoms with Gasteiger partial charge in [-0.2, -0.15) is 0 Å². The fourth-order valence-corrected chi connectivity index (χ4v) is 4.04. The Hall–Kier alpha value is -3.98. The quantitative estimate of drug-likeness (QED) is 0.386. The van der Waals surface area contributed by atoms with Gasteiger partial charge in [0.15, 0.2) is 12.1 Å². The van der Waals surface area contributed by atoms with Gasteiger partial charge in [0.25, 0.3) is 0 Å². The van der Waals surface area contributed by atoms with Gasteiger partial charge in [-0.15, -0.1) is 0 Å². The summed E-state index contributed by atoms with van der Waals surface area (Å²) in [5, 5.41) is 1.63. The Morgan fingerprint density at radius 3 is 2.27 bits per heavy atom. The van der Waals surface area contributed by atoms with E-state index < -0.39 is 0 Å². The summed E-state index contributed by atoms with van der Waals surface area (Å²) in [6.07, 6.45) is 4.20. The fraction of sp³-hybridized carbons (Fsp3) is 0.0370. The largest absolute Gasteiger partial charge is 0.488 e. The van der Waals surface area contributed by atoms with E-state index in [4.69, 9.17) is 4.74 Å². The second-order valence-corrected chi connectivity index (χ2v) is 7.25. The minimum atomic E-state index is -0.101. The molecule has 5 rings (SSSR count). The lowest BCUT2D eigenvalue weighted by atomic mass is 9.85. The molecule has 4 aromatic rings. The zero-order valence-corrected chi connectivity index (χ0v) is 16.2. The van der Waals surface area contributed by atoms with Crippen molar-refractivity contribution >= 4 is 28.9 Å². The van der Waals surface area contributed by atoms with Crippen molar-refractivity contribution in [3.05, 3.63) is 107 Å². The third kappa shape index (κ3) is 3.01. The predicted molar refractivity (Wildman–Crippen MR) is 119 cm³/mol. The highest BCUT2D eigenvalue weighted by atomic mass is 16.5. The van der Waals surface area contributed by atoms with Crippen molar-refractivity contribution in [2.75, 3.05) is 0 Å². The molecular formula is C27H18O3. The first kappa shape index (κ1) is 18.1. The summed E-state index contributed by atoms with van der Waals surface area (Å²) in [5.74, 6) is 0.555. The number of benzene rings is 4. The number of allylic oxidation sites excluding steroid dienone is 1. The molecule has 0 N–H and O–H groups in total. The van der Waals surface area contributed by atoms with E-state index >= 15 is 0 Å². The smallest absolute Gasteiger partial charge is 0.186 e. The highest BCUT2D eigenvalue weighted by Gasteiger charge is 2.23. The number of hydrogen-bond donors (Lipinski definition) is 0. The molecule has 0 amide bonds. The number of carbonyl (C=O) groups is 2. The SMILES string of the molecule is O=Cc1cc2c3c(ccc(OCc4ccccc4)c3c1-c1ccccc1)C=CC2=O. The molecule has 0 radical (unpaired) electrons. The molecule has 0 fully saturated rings. The summed E-state index contributed by atoms with van der Waals surface area (Å²) in [5.41, 5.74) is 4.71. The van der Waals surface area contributed by atoms with Crippen molar-refractivity contribution in [3.8, 4) is 16.9 Å². The molecule has 4 aromatic carbocycles. The lowest BCUT2D eigenvalue weighted by Crippen LogP contribution is -2.06. The van der Waals surface area contributed by atoms with Crippen molar-refractivity contribution in [1.82, 2.24) is 0 Å². The third-order valence-electron chi connectivity index (χ3n) is 5.41. The second kappa shape index (κ2) is 7.45. The van der Waals surface area contributed by atoms with Crippen LogP contribution in [0.1, 0.15) is 31.8 Å². The van der Waals surface area contributed by atoms with E-state index in [0.29, 0.717) is 23.5 Å². The summed E-state index contributed by atoms with van der Waals surface area (Å²) in [6.45, 7) is 0.397. The zero-order valence-electron chi connectivity index (χ0n) is 16.2. The van der Waals surface area contributed by atoms with Crippen LogP contribution in [0.5, 0.6) is 5.75 Å². The van der Waals surface area contributed by atoms with Gasteiger partial charge in [0.2, 0.25) is 0 Å². The fourth-order valence-electron chi connectivity index (χ4n) is 4.04. The summed E-state index contributed by atoms with van der Waals surface area (Å²) in [6, 6.07) is 25.3. The molecule has 0 atom stereocenters. The first-order valence-electron chi connectivity index (χ1n) is 9.79. The summed E-state index contributed by atoms with van der Waals surface area (Å²) < 4.78 is 6.23.